The van der Waals surface area contributed by atoms with Crippen LogP contribution in [-0.2, 0) is 9.53 Å². The molecule has 0 spiro atoms. The van der Waals surface area contributed by atoms with Crippen molar-refractivity contribution in [3.8, 4) is 6.07 Å². The summed E-state index contributed by atoms with van der Waals surface area (Å²) in [6.07, 6.45) is 2.81. The van der Waals surface area contributed by atoms with E-state index in [1.54, 1.807) is 6.92 Å². The molecule has 1 fully saturated rings. The highest BCUT2D eigenvalue weighted by atomic mass is 16.5. The van der Waals surface area contributed by atoms with E-state index >= 15 is 0 Å². The predicted molar refractivity (Wildman–Crippen MR) is 56.0 cm³/mol. The topological polar surface area (TPSA) is 53.3 Å². The first-order chi connectivity index (χ1) is 7.12. The molecule has 0 amide bonds. The number of rotatable bonds is 6. The molecule has 0 atom stereocenters. The van der Waals surface area contributed by atoms with Gasteiger partial charge in [-0.1, -0.05) is 0 Å². The van der Waals surface area contributed by atoms with Crippen LogP contribution >= 0.6 is 0 Å². The molecule has 0 aromatic rings. The average Bonchev–Trinajstić information content (AvgIpc) is 2.85. The molecule has 4 nitrogen and oxygen atoms in total. The fourth-order valence-electron chi connectivity index (χ4n) is 1.79. The maximum atomic E-state index is 11.2. The van der Waals surface area contributed by atoms with E-state index in [2.05, 4.69) is 6.07 Å². The molecule has 0 saturated heterocycles. The monoisotopic (exact) mass is 210 g/mol. The molecule has 0 aromatic heterocycles. The summed E-state index contributed by atoms with van der Waals surface area (Å²) in [7, 11) is 1.90. The summed E-state index contributed by atoms with van der Waals surface area (Å²) in [6.45, 7) is 3.37. The summed E-state index contributed by atoms with van der Waals surface area (Å²) in [5, 5.41) is 8.66. The molecular weight excluding hydrogens is 192 g/mol. The Bertz CT molecular complexity index is 266. The van der Waals surface area contributed by atoms with Gasteiger partial charge in [-0.2, -0.15) is 5.26 Å². The first-order valence-corrected chi connectivity index (χ1v) is 5.33. The van der Waals surface area contributed by atoms with Gasteiger partial charge in [0, 0.05) is 13.0 Å². The van der Waals surface area contributed by atoms with E-state index in [1.807, 2.05) is 11.9 Å². The Kier molecular flexibility index (Phi) is 4.10. The lowest BCUT2D eigenvalue weighted by Crippen LogP contribution is -2.32. The van der Waals surface area contributed by atoms with Crippen LogP contribution in [0.3, 0.4) is 0 Å². The minimum Gasteiger partial charge on any atom is -0.465 e. The summed E-state index contributed by atoms with van der Waals surface area (Å²) in [4.78, 5) is 13.1. The Hall–Kier alpha value is -1.08. The summed E-state index contributed by atoms with van der Waals surface area (Å²) >= 11 is 0. The Morgan fingerprint density at radius 3 is 2.73 bits per heavy atom. The number of nitrogens with zero attached hydrogens (tertiary/aromatic N) is 2. The lowest BCUT2D eigenvalue weighted by Gasteiger charge is -2.20. The van der Waals surface area contributed by atoms with E-state index in [0.717, 1.165) is 19.4 Å². The number of likely N-dealkylation sites (N-methyl/N-ethyl adjacent to an activating group) is 1. The van der Waals surface area contributed by atoms with E-state index < -0.39 is 0 Å². The van der Waals surface area contributed by atoms with Crippen molar-refractivity contribution in [1.82, 2.24) is 4.90 Å². The van der Waals surface area contributed by atoms with Gasteiger partial charge < -0.3 is 4.74 Å². The van der Waals surface area contributed by atoms with Gasteiger partial charge in [-0.3, -0.25) is 9.69 Å². The lowest BCUT2D eigenvalue weighted by atomic mass is 10.0. The zero-order valence-electron chi connectivity index (χ0n) is 9.45. The Morgan fingerprint density at radius 1 is 1.60 bits per heavy atom. The standard InChI is InChI=1S/C11H18N2O2/c1-3-15-10(14)8-13(2)9-11(4-5-11)6-7-12/h3-6,8-9H2,1-2H3. The van der Waals surface area contributed by atoms with Gasteiger partial charge in [-0.15, -0.1) is 0 Å². The third-order valence-corrected chi connectivity index (χ3v) is 2.72. The number of hydrogen-bond acceptors (Lipinski definition) is 4. The van der Waals surface area contributed by atoms with Crippen molar-refractivity contribution in [2.45, 2.75) is 26.2 Å². The van der Waals surface area contributed by atoms with Crippen molar-refractivity contribution < 1.29 is 9.53 Å². The van der Waals surface area contributed by atoms with Crippen LogP contribution in [0.25, 0.3) is 0 Å². The molecule has 0 bridgehead atoms. The van der Waals surface area contributed by atoms with Crippen molar-refractivity contribution in [2.24, 2.45) is 5.41 Å². The second kappa shape index (κ2) is 5.13. The van der Waals surface area contributed by atoms with E-state index in [-0.39, 0.29) is 11.4 Å². The van der Waals surface area contributed by atoms with Crippen LogP contribution in [0.2, 0.25) is 0 Å². The molecule has 0 aliphatic heterocycles. The largest absolute Gasteiger partial charge is 0.465 e. The van der Waals surface area contributed by atoms with Crippen LogP contribution in [-0.4, -0.2) is 37.6 Å². The average molecular weight is 210 g/mol. The summed E-state index contributed by atoms with van der Waals surface area (Å²) in [5.41, 5.74) is 0.163. The number of carbonyl (C=O) groups is 1. The molecule has 0 heterocycles. The molecule has 1 aliphatic rings. The van der Waals surface area contributed by atoms with Gasteiger partial charge >= 0.3 is 5.97 Å². The fourth-order valence-corrected chi connectivity index (χ4v) is 1.79. The molecule has 1 rings (SSSR count). The molecule has 15 heavy (non-hydrogen) atoms. The minimum absolute atomic E-state index is 0.163. The molecule has 0 radical (unpaired) electrons. The number of esters is 1. The predicted octanol–water partition coefficient (Wildman–Crippen LogP) is 1.18. The minimum atomic E-state index is -0.187. The van der Waals surface area contributed by atoms with Gasteiger partial charge in [-0.05, 0) is 32.2 Å². The third-order valence-electron chi connectivity index (χ3n) is 2.72. The molecule has 0 N–H and O–H groups in total. The van der Waals surface area contributed by atoms with Crippen molar-refractivity contribution in [3.05, 3.63) is 0 Å². The normalized spacial score (nSPS) is 17.2. The van der Waals surface area contributed by atoms with Crippen molar-refractivity contribution >= 4 is 5.97 Å². The van der Waals surface area contributed by atoms with Gasteiger partial charge in [-0.25, -0.2) is 0 Å². The van der Waals surface area contributed by atoms with Gasteiger partial charge in [0.2, 0.25) is 0 Å². The van der Waals surface area contributed by atoms with E-state index in [1.165, 1.54) is 0 Å². The van der Waals surface area contributed by atoms with Crippen LogP contribution in [0.1, 0.15) is 26.2 Å². The molecule has 84 valence electrons. The van der Waals surface area contributed by atoms with Crippen LogP contribution < -0.4 is 0 Å². The van der Waals surface area contributed by atoms with Crippen LogP contribution in [0.5, 0.6) is 0 Å². The second-order valence-corrected chi connectivity index (χ2v) is 4.31. The summed E-state index contributed by atoms with van der Waals surface area (Å²) in [6, 6.07) is 2.21. The first-order valence-electron chi connectivity index (χ1n) is 5.33. The zero-order chi connectivity index (χ0) is 11.3. The van der Waals surface area contributed by atoms with E-state index in [0.29, 0.717) is 19.6 Å². The first kappa shape index (κ1) is 12.0. The third kappa shape index (κ3) is 3.88. The number of hydrogen-bond donors (Lipinski definition) is 0. The van der Waals surface area contributed by atoms with Crippen LogP contribution in [0, 0.1) is 16.7 Å². The SMILES string of the molecule is CCOC(=O)CN(C)CC1(CC#N)CC1. The maximum absolute atomic E-state index is 11.2. The van der Waals surface area contributed by atoms with E-state index in [4.69, 9.17) is 10.00 Å². The molecular formula is C11H18N2O2. The van der Waals surface area contributed by atoms with Gasteiger partial charge in [0.05, 0.1) is 19.2 Å². The Morgan fingerprint density at radius 2 is 2.27 bits per heavy atom. The van der Waals surface area contributed by atoms with Crippen molar-refractivity contribution in [3.63, 3.8) is 0 Å². The van der Waals surface area contributed by atoms with Gasteiger partial charge in [0.15, 0.2) is 0 Å². The molecule has 0 aromatic carbocycles. The summed E-state index contributed by atoms with van der Waals surface area (Å²) in [5.74, 6) is -0.187. The molecule has 4 heteroatoms. The zero-order valence-corrected chi connectivity index (χ0v) is 9.45. The quantitative estimate of drug-likeness (QED) is 0.618. The van der Waals surface area contributed by atoms with Crippen molar-refractivity contribution in [1.29, 1.82) is 5.26 Å². The smallest absolute Gasteiger partial charge is 0.320 e. The molecule has 1 aliphatic carbocycles. The second-order valence-electron chi connectivity index (χ2n) is 4.31. The number of carbonyl (C=O) groups excluding carboxylic acids is 1. The van der Waals surface area contributed by atoms with Crippen LogP contribution in [0.4, 0.5) is 0 Å². The van der Waals surface area contributed by atoms with Gasteiger partial charge in [0.1, 0.15) is 0 Å². The van der Waals surface area contributed by atoms with Crippen molar-refractivity contribution in [2.75, 3.05) is 26.7 Å². The molecule has 0 unspecified atom stereocenters. The Labute approximate surface area is 90.8 Å². The summed E-state index contributed by atoms with van der Waals surface area (Å²) < 4.78 is 4.86. The highest BCUT2D eigenvalue weighted by molar-refractivity contribution is 5.71. The van der Waals surface area contributed by atoms with Crippen LogP contribution in [0.15, 0.2) is 0 Å². The lowest BCUT2D eigenvalue weighted by molar-refractivity contribution is -0.144. The highest BCUT2D eigenvalue weighted by Gasteiger charge is 2.43. The Balaban J connectivity index is 2.27. The number of ether oxygens (including phenoxy) is 1. The highest BCUT2D eigenvalue weighted by Crippen LogP contribution is 2.48. The maximum Gasteiger partial charge on any atom is 0.320 e. The number of nitriles is 1. The fraction of sp³-hybridized carbons (Fsp3) is 0.818. The molecule has 1 saturated carbocycles. The van der Waals surface area contributed by atoms with E-state index in [9.17, 15) is 4.79 Å². The van der Waals surface area contributed by atoms with Gasteiger partial charge in [0.25, 0.3) is 0 Å².